The van der Waals surface area contributed by atoms with Crippen molar-refractivity contribution in [2.45, 2.75) is 57.5 Å². The normalized spacial score (nSPS) is 14.1. The van der Waals surface area contributed by atoms with Gasteiger partial charge < -0.3 is 29.2 Å². The zero-order valence-corrected chi connectivity index (χ0v) is 25.1. The predicted octanol–water partition coefficient (Wildman–Crippen LogP) is 4.21. The molecule has 3 N–H and O–H groups in total. The average molecular weight is 565 g/mol. The lowest BCUT2D eigenvalue weighted by Crippen LogP contribution is -2.66. The van der Waals surface area contributed by atoms with Crippen LogP contribution >= 0.6 is 0 Å². The molecule has 0 unspecified atom stereocenters. The summed E-state index contributed by atoms with van der Waals surface area (Å²) in [5, 5.41) is 32.6. The summed E-state index contributed by atoms with van der Waals surface area (Å²) in [6.07, 6.45) is 0.833. The highest BCUT2D eigenvalue weighted by molar-refractivity contribution is 6.99. The Bertz CT molecular complexity index is 1120. The van der Waals surface area contributed by atoms with Crippen LogP contribution in [0.4, 0.5) is 0 Å². The molecule has 216 valence electrons. The third kappa shape index (κ3) is 8.61. The summed E-state index contributed by atoms with van der Waals surface area (Å²) >= 11 is 0. The summed E-state index contributed by atoms with van der Waals surface area (Å²) in [7, 11) is -1.10. The van der Waals surface area contributed by atoms with E-state index in [1.54, 1.807) is 7.11 Å². The molecule has 0 radical (unpaired) electrons. The number of rotatable bonds is 15. The molecular weight excluding hydrogens is 520 g/mol. The molecule has 6 nitrogen and oxygen atoms in total. The number of benzene rings is 3. The van der Waals surface area contributed by atoms with E-state index in [9.17, 15) is 15.3 Å². The van der Waals surface area contributed by atoms with Crippen LogP contribution in [-0.4, -0.2) is 62.8 Å². The number of aliphatic hydroxyl groups excluding tert-OH is 3. The molecule has 0 saturated heterocycles. The van der Waals surface area contributed by atoms with Crippen LogP contribution in [0.25, 0.3) is 0 Å². The molecule has 3 aromatic rings. The first kappa shape index (κ1) is 31.7. The first-order valence-corrected chi connectivity index (χ1v) is 15.7. The number of hydrogen-bond acceptors (Lipinski definition) is 6. The molecule has 7 heteroatoms. The van der Waals surface area contributed by atoms with Gasteiger partial charge in [0.15, 0.2) is 0 Å². The zero-order chi connectivity index (χ0) is 29.0. The van der Waals surface area contributed by atoms with E-state index in [1.807, 2.05) is 42.5 Å². The summed E-state index contributed by atoms with van der Waals surface area (Å²) in [5.41, 5.74) is 1.80. The van der Waals surface area contributed by atoms with E-state index in [0.717, 1.165) is 16.9 Å². The molecule has 0 saturated carbocycles. The standard InChI is InChI=1S/C33H44O6Si/c1-33(2,3)40(31-11-7-5-8-12-31,32-13-9-6-10-14-32)39-20-19-27(21-28(35)23-34)22-29(36)25-38-24-26-15-17-30(37-4)18-16-26/h5-19,28-29,34-36H,20-25H2,1-4H3/b27-19-/t28-,29-/m1/s1. The molecule has 0 fully saturated rings. The van der Waals surface area contributed by atoms with Crippen LogP contribution in [0.2, 0.25) is 5.04 Å². The Morgan fingerprint density at radius 1 is 0.825 bits per heavy atom. The van der Waals surface area contributed by atoms with Crippen molar-refractivity contribution >= 4 is 18.7 Å². The molecule has 40 heavy (non-hydrogen) atoms. The summed E-state index contributed by atoms with van der Waals surface area (Å²) in [6, 6.07) is 28.4. The van der Waals surface area contributed by atoms with Gasteiger partial charge in [0, 0.05) is 0 Å². The number of methoxy groups -OCH3 is 1. The van der Waals surface area contributed by atoms with Crippen molar-refractivity contribution < 1.29 is 29.2 Å². The summed E-state index contributed by atoms with van der Waals surface area (Å²) < 4.78 is 17.9. The largest absolute Gasteiger partial charge is 0.497 e. The van der Waals surface area contributed by atoms with Gasteiger partial charge in [-0.2, -0.15) is 0 Å². The third-order valence-corrected chi connectivity index (χ3v) is 12.0. The van der Waals surface area contributed by atoms with Crippen molar-refractivity contribution in [3.63, 3.8) is 0 Å². The molecule has 0 aromatic heterocycles. The molecule has 0 amide bonds. The minimum Gasteiger partial charge on any atom is -0.497 e. The molecule has 3 aromatic carbocycles. The molecule has 0 heterocycles. The van der Waals surface area contributed by atoms with Crippen LogP contribution in [0.15, 0.2) is 96.6 Å². The highest BCUT2D eigenvalue weighted by atomic mass is 28.4. The first-order chi connectivity index (χ1) is 19.2. The predicted molar refractivity (Wildman–Crippen MR) is 163 cm³/mol. The third-order valence-electron chi connectivity index (χ3n) is 7.03. The van der Waals surface area contributed by atoms with Crippen molar-refractivity contribution in [1.29, 1.82) is 0 Å². The lowest BCUT2D eigenvalue weighted by atomic mass is 10.0. The van der Waals surface area contributed by atoms with Crippen molar-refractivity contribution in [2.24, 2.45) is 0 Å². The van der Waals surface area contributed by atoms with Crippen LogP contribution in [0.1, 0.15) is 39.2 Å². The van der Waals surface area contributed by atoms with Gasteiger partial charge in [0.25, 0.3) is 8.32 Å². The Morgan fingerprint density at radius 3 is 1.88 bits per heavy atom. The maximum absolute atomic E-state index is 10.7. The Labute approximate surface area is 240 Å². The molecule has 0 aliphatic rings. The zero-order valence-electron chi connectivity index (χ0n) is 24.1. The lowest BCUT2D eigenvalue weighted by molar-refractivity contribution is 0.0269. The van der Waals surface area contributed by atoms with E-state index in [1.165, 1.54) is 10.4 Å². The average Bonchev–Trinajstić information content (AvgIpc) is 2.95. The first-order valence-electron chi connectivity index (χ1n) is 13.8. The van der Waals surface area contributed by atoms with Crippen LogP contribution in [0.3, 0.4) is 0 Å². The van der Waals surface area contributed by atoms with E-state index in [0.29, 0.717) is 19.6 Å². The fraction of sp³-hybridized carbons (Fsp3) is 0.394. The van der Waals surface area contributed by atoms with E-state index >= 15 is 0 Å². The Hall–Kier alpha value is -2.78. The van der Waals surface area contributed by atoms with Crippen molar-refractivity contribution in [3.8, 4) is 5.75 Å². The molecular formula is C33H44O6Si. The number of hydrogen-bond donors (Lipinski definition) is 3. The van der Waals surface area contributed by atoms with E-state index in [-0.39, 0.29) is 24.7 Å². The van der Waals surface area contributed by atoms with Gasteiger partial charge in [0.2, 0.25) is 0 Å². The van der Waals surface area contributed by atoms with Crippen LogP contribution in [-0.2, 0) is 15.8 Å². The number of ether oxygens (including phenoxy) is 2. The Morgan fingerprint density at radius 2 is 1.38 bits per heavy atom. The highest BCUT2D eigenvalue weighted by Gasteiger charge is 2.49. The van der Waals surface area contributed by atoms with E-state index in [4.69, 9.17) is 13.9 Å². The minimum absolute atomic E-state index is 0.147. The smallest absolute Gasteiger partial charge is 0.261 e. The van der Waals surface area contributed by atoms with Gasteiger partial charge in [-0.1, -0.05) is 105 Å². The number of aliphatic hydroxyl groups is 3. The molecule has 0 aliphatic heterocycles. The monoisotopic (exact) mass is 564 g/mol. The Kier molecular flexibility index (Phi) is 12.1. The quantitative estimate of drug-likeness (QED) is 0.189. The van der Waals surface area contributed by atoms with Crippen LogP contribution < -0.4 is 15.1 Å². The van der Waals surface area contributed by atoms with Gasteiger partial charge in [0.1, 0.15) is 5.75 Å². The fourth-order valence-corrected chi connectivity index (χ4v) is 9.55. The molecule has 3 rings (SSSR count). The van der Waals surface area contributed by atoms with Crippen LogP contribution in [0, 0.1) is 0 Å². The van der Waals surface area contributed by atoms with Gasteiger partial charge in [-0.3, -0.25) is 0 Å². The minimum atomic E-state index is -2.72. The molecule has 0 aliphatic carbocycles. The fourth-order valence-electron chi connectivity index (χ4n) is 5.06. The summed E-state index contributed by atoms with van der Waals surface area (Å²) in [5.74, 6) is 0.779. The molecule has 0 bridgehead atoms. The van der Waals surface area contributed by atoms with Gasteiger partial charge in [-0.25, -0.2) is 0 Å². The second-order valence-electron chi connectivity index (χ2n) is 11.1. The Balaban J connectivity index is 1.76. The maximum atomic E-state index is 10.7. The lowest BCUT2D eigenvalue weighted by Gasteiger charge is -2.42. The van der Waals surface area contributed by atoms with Crippen molar-refractivity contribution in [1.82, 2.24) is 0 Å². The van der Waals surface area contributed by atoms with Gasteiger partial charge >= 0.3 is 0 Å². The van der Waals surface area contributed by atoms with Crippen LogP contribution in [0.5, 0.6) is 5.75 Å². The van der Waals surface area contributed by atoms with Gasteiger partial charge in [-0.05, 0) is 45.9 Å². The topological polar surface area (TPSA) is 88.4 Å². The molecule has 2 atom stereocenters. The summed E-state index contributed by atoms with van der Waals surface area (Å²) in [6.45, 7) is 7.16. The van der Waals surface area contributed by atoms with Gasteiger partial charge in [0.05, 0.1) is 45.7 Å². The van der Waals surface area contributed by atoms with Gasteiger partial charge in [-0.15, -0.1) is 0 Å². The second-order valence-corrected chi connectivity index (χ2v) is 15.4. The van der Waals surface area contributed by atoms with E-state index in [2.05, 4.69) is 69.3 Å². The summed E-state index contributed by atoms with van der Waals surface area (Å²) in [4.78, 5) is 0. The van der Waals surface area contributed by atoms with Crippen molar-refractivity contribution in [3.05, 3.63) is 102 Å². The second kappa shape index (κ2) is 15.3. The van der Waals surface area contributed by atoms with E-state index < -0.39 is 20.5 Å². The van der Waals surface area contributed by atoms with Crippen molar-refractivity contribution in [2.75, 3.05) is 26.9 Å². The molecule has 0 spiro atoms. The highest BCUT2D eigenvalue weighted by Crippen LogP contribution is 2.36. The maximum Gasteiger partial charge on any atom is 0.261 e. The SMILES string of the molecule is COc1ccc(COC[C@H](O)C/C(=C\CO[Si](c2ccccc2)(c2ccccc2)C(C)(C)C)C[C@@H](O)CO)cc1.